The SMILES string of the molecule is CCc1cc2cc(C(=O)NCc3ccc(S(=O)(=O)CC)cc3)ccc2c(OCC2CCC(C(F)(F)F)CC2)n1. The number of hydrogen-bond acceptors (Lipinski definition) is 5. The first-order valence-electron chi connectivity index (χ1n) is 13.2. The monoisotopic (exact) mass is 562 g/mol. The second-order valence-electron chi connectivity index (χ2n) is 10.0. The van der Waals surface area contributed by atoms with Crippen LogP contribution in [-0.4, -0.2) is 37.8 Å². The lowest BCUT2D eigenvalue weighted by Gasteiger charge is -2.29. The Hall–Kier alpha value is -3.14. The van der Waals surface area contributed by atoms with Crippen molar-refractivity contribution in [1.29, 1.82) is 0 Å². The van der Waals surface area contributed by atoms with Gasteiger partial charge in [-0.15, -0.1) is 0 Å². The summed E-state index contributed by atoms with van der Waals surface area (Å²) in [6, 6.07) is 13.6. The maximum absolute atomic E-state index is 13.0. The van der Waals surface area contributed by atoms with Gasteiger partial charge < -0.3 is 10.1 Å². The molecule has 1 N–H and O–H groups in total. The van der Waals surface area contributed by atoms with Crippen LogP contribution in [0.25, 0.3) is 10.8 Å². The van der Waals surface area contributed by atoms with Crippen molar-refractivity contribution in [2.24, 2.45) is 11.8 Å². The number of alkyl halides is 3. The summed E-state index contributed by atoms with van der Waals surface area (Å²) < 4.78 is 68.9. The van der Waals surface area contributed by atoms with E-state index in [0.717, 1.165) is 22.0 Å². The maximum atomic E-state index is 13.0. The molecule has 1 amide bonds. The zero-order chi connectivity index (χ0) is 28.2. The Bertz CT molecular complexity index is 1410. The summed E-state index contributed by atoms with van der Waals surface area (Å²) in [6.07, 6.45) is -2.29. The highest BCUT2D eigenvalue weighted by molar-refractivity contribution is 7.91. The molecule has 1 aromatic heterocycles. The van der Waals surface area contributed by atoms with Gasteiger partial charge in [0.25, 0.3) is 5.91 Å². The van der Waals surface area contributed by atoms with Gasteiger partial charge in [0.15, 0.2) is 9.84 Å². The van der Waals surface area contributed by atoms with Crippen LogP contribution in [0, 0.1) is 11.8 Å². The van der Waals surface area contributed by atoms with E-state index in [0.29, 0.717) is 37.3 Å². The van der Waals surface area contributed by atoms with Crippen molar-refractivity contribution < 1.29 is 31.1 Å². The van der Waals surface area contributed by atoms with Gasteiger partial charge in [-0.05, 0) is 85.4 Å². The standard InChI is InChI=1S/C29H33F3N2O4S/c1-3-24-16-22-15-21(27(35)33-17-19-7-12-25(13-8-19)39(36,37)4-2)9-14-26(22)28(34-24)38-18-20-5-10-23(11-6-20)29(30,31)32/h7-9,12-16,20,23H,3-6,10-11,17-18H2,1-2H3,(H,33,35). The summed E-state index contributed by atoms with van der Waals surface area (Å²) in [4.78, 5) is 17.7. The molecule has 0 unspecified atom stereocenters. The first-order valence-corrected chi connectivity index (χ1v) is 14.9. The van der Waals surface area contributed by atoms with Gasteiger partial charge in [-0.25, -0.2) is 13.4 Å². The van der Waals surface area contributed by atoms with E-state index in [2.05, 4.69) is 10.3 Å². The molecule has 210 valence electrons. The summed E-state index contributed by atoms with van der Waals surface area (Å²) in [5.41, 5.74) is 2.02. The summed E-state index contributed by atoms with van der Waals surface area (Å²) >= 11 is 0. The van der Waals surface area contributed by atoms with Gasteiger partial charge in [0.1, 0.15) is 0 Å². The Balaban J connectivity index is 1.42. The molecular weight excluding hydrogens is 529 g/mol. The van der Waals surface area contributed by atoms with Crippen LogP contribution in [0.1, 0.15) is 61.1 Å². The molecule has 1 saturated carbocycles. The van der Waals surface area contributed by atoms with Crippen LogP contribution < -0.4 is 10.1 Å². The number of aromatic nitrogens is 1. The number of halogens is 3. The number of amides is 1. The molecule has 39 heavy (non-hydrogen) atoms. The van der Waals surface area contributed by atoms with E-state index in [1.807, 2.05) is 13.0 Å². The Labute approximate surface area is 226 Å². The molecule has 6 nitrogen and oxygen atoms in total. The average molecular weight is 563 g/mol. The van der Waals surface area contributed by atoms with Gasteiger partial charge in [0.05, 0.1) is 23.2 Å². The number of rotatable bonds is 9. The molecular formula is C29H33F3N2O4S. The number of sulfone groups is 1. The number of nitrogens with zero attached hydrogens (tertiary/aromatic N) is 1. The smallest absolute Gasteiger partial charge is 0.391 e. The van der Waals surface area contributed by atoms with Crippen molar-refractivity contribution in [3.63, 3.8) is 0 Å². The topological polar surface area (TPSA) is 85.4 Å². The normalized spacial score (nSPS) is 18.2. The fraction of sp³-hybridized carbons (Fsp3) is 0.448. The summed E-state index contributed by atoms with van der Waals surface area (Å²) in [5, 5.41) is 4.39. The van der Waals surface area contributed by atoms with E-state index in [-0.39, 0.29) is 41.9 Å². The number of carbonyl (C=O) groups is 1. The molecule has 1 heterocycles. The summed E-state index contributed by atoms with van der Waals surface area (Å²) in [5.74, 6) is -1.00. The van der Waals surface area contributed by atoms with E-state index in [1.54, 1.807) is 49.4 Å². The molecule has 0 spiro atoms. The Morgan fingerprint density at radius 2 is 1.72 bits per heavy atom. The predicted octanol–water partition coefficient (Wildman–Crippen LogP) is 6.27. The first-order chi connectivity index (χ1) is 18.5. The quantitative estimate of drug-likeness (QED) is 0.332. The summed E-state index contributed by atoms with van der Waals surface area (Å²) in [6.45, 7) is 4.10. The minimum Gasteiger partial charge on any atom is -0.477 e. The third-order valence-corrected chi connectivity index (χ3v) is 9.11. The fourth-order valence-electron chi connectivity index (χ4n) is 4.83. The third kappa shape index (κ3) is 7.09. The van der Waals surface area contributed by atoms with Crippen LogP contribution in [0.3, 0.4) is 0 Å². The van der Waals surface area contributed by atoms with Gasteiger partial charge in [-0.1, -0.05) is 26.0 Å². The first kappa shape index (κ1) is 28.9. The van der Waals surface area contributed by atoms with Gasteiger partial charge in [-0.3, -0.25) is 4.79 Å². The van der Waals surface area contributed by atoms with E-state index >= 15 is 0 Å². The Morgan fingerprint density at radius 3 is 2.33 bits per heavy atom. The number of nitrogens with one attached hydrogen (secondary N) is 1. The zero-order valence-corrected chi connectivity index (χ0v) is 22.9. The molecule has 0 bridgehead atoms. The molecule has 1 aliphatic carbocycles. The second-order valence-corrected chi connectivity index (χ2v) is 12.3. The van der Waals surface area contributed by atoms with Crippen LogP contribution >= 0.6 is 0 Å². The molecule has 2 aromatic carbocycles. The largest absolute Gasteiger partial charge is 0.477 e. The molecule has 0 saturated heterocycles. The van der Waals surface area contributed by atoms with Crippen molar-refractivity contribution in [2.75, 3.05) is 12.4 Å². The fourth-order valence-corrected chi connectivity index (χ4v) is 5.71. The Morgan fingerprint density at radius 1 is 1.03 bits per heavy atom. The number of benzene rings is 2. The molecule has 0 atom stereocenters. The lowest BCUT2D eigenvalue weighted by atomic mass is 9.82. The molecule has 3 aromatic rings. The molecule has 10 heteroatoms. The van der Waals surface area contributed by atoms with Gasteiger partial charge >= 0.3 is 6.18 Å². The molecule has 1 aliphatic rings. The number of pyridine rings is 1. The second kappa shape index (κ2) is 11.9. The van der Waals surface area contributed by atoms with E-state index in [9.17, 15) is 26.4 Å². The molecule has 0 aliphatic heterocycles. The van der Waals surface area contributed by atoms with E-state index < -0.39 is 21.9 Å². The lowest BCUT2D eigenvalue weighted by Crippen LogP contribution is -2.29. The van der Waals surface area contributed by atoms with Gasteiger partial charge in [0, 0.05) is 23.2 Å². The number of ether oxygens (including phenoxy) is 1. The van der Waals surface area contributed by atoms with Crippen LogP contribution in [0.15, 0.2) is 53.4 Å². The molecule has 4 rings (SSSR count). The lowest BCUT2D eigenvalue weighted by molar-refractivity contribution is -0.184. The highest BCUT2D eigenvalue weighted by Gasteiger charge is 2.41. The van der Waals surface area contributed by atoms with Crippen LogP contribution in [-0.2, 0) is 22.8 Å². The average Bonchev–Trinajstić information content (AvgIpc) is 2.94. The van der Waals surface area contributed by atoms with Crippen molar-refractivity contribution in [1.82, 2.24) is 10.3 Å². The predicted molar refractivity (Wildman–Crippen MR) is 143 cm³/mol. The third-order valence-electron chi connectivity index (χ3n) is 7.35. The van der Waals surface area contributed by atoms with Crippen molar-refractivity contribution in [2.45, 2.75) is 63.6 Å². The minimum atomic E-state index is -4.13. The summed E-state index contributed by atoms with van der Waals surface area (Å²) in [7, 11) is -3.28. The van der Waals surface area contributed by atoms with Crippen LogP contribution in [0.4, 0.5) is 13.2 Å². The van der Waals surface area contributed by atoms with Gasteiger partial charge in [0.2, 0.25) is 5.88 Å². The molecule has 0 radical (unpaired) electrons. The van der Waals surface area contributed by atoms with Crippen molar-refractivity contribution in [3.8, 4) is 5.88 Å². The van der Waals surface area contributed by atoms with Crippen LogP contribution in [0.5, 0.6) is 5.88 Å². The maximum Gasteiger partial charge on any atom is 0.391 e. The number of aryl methyl sites for hydroxylation is 1. The molecule has 1 fully saturated rings. The number of fused-ring (bicyclic) bond motifs is 1. The Kier molecular flexibility index (Phi) is 8.83. The van der Waals surface area contributed by atoms with Crippen LogP contribution in [0.2, 0.25) is 0 Å². The highest BCUT2D eigenvalue weighted by atomic mass is 32.2. The number of hydrogen-bond donors (Lipinski definition) is 1. The van der Waals surface area contributed by atoms with Gasteiger partial charge in [-0.2, -0.15) is 13.2 Å². The highest BCUT2D eigenvalue weighted by Crippen LogP contribution is 2.39. The minimum absolute atomic E-state index is 0.0238. The zero-order valence-electron chi connectivity index (χ0n) is 22.1. The number of carbonyl (C=O) groups excluding carboxylic acids is 1. The van der Waals surface area contributed by atoms with E-state index in [4.69, 9.17) is 4.74 Å². The van der Waals surface area contributed by atoms with E-state index in [1.165, 1.54) is 0 Å². The van der Waals surface area contributed by atoms with Crippen molar-refractivity contribution in [3.05, 3.63) is 65.4 Å². The van der Waals surface area contributed by atoms with Crippen molar-refractivity contribution >= 4 is 26.5 Å².